The lowest BCUT2D eigenvalue weighted by Gasteiger charge is -2.02. The van der Waals surface area contributed by atoms with Gasteiger partial charge in [-0.3, -0.25) is 4.68 Å². The van der Waals surface area contributed by atoms with Crippen molar-refractivity contribution >= 4 is 17.4 Å². The SMILES string of the molecule is Cn1nccc1CSc1ccc(N)cc1. The smallest absolute Gasteiger partial charge is 0.0492 e. The minimum atomic E-state index is 0.805. The van der Waals surface area contributed by atoms with Gasteiger partial charge >= 0.3 is 0 Å². The van der Waals surface area contributed by atoms with Gasteiger partial charge in [0.1, 0.15) is 0 Å². The van der Waals surface area contributed by atoms with Crippen molar-refractivity contribution in [3.63, 3.8) is 0 Å². The van der Waals surface area contributed by atoms with E-state index in [-0.39, 0.29) is 0 Å². The van der Waals surface area contributed by atoms with Crippen LogP contribution in [0.2, 0.25) is 0 Å². The number of nitrogens with two attached hydrogens (primary N) is 1. The minimum absolute atomic E-state index is 0.805. The van der Waals surface area contributed by atoms with Crippen molar-refractivity contribution in [1.82, 2.24) is 9.78 Å². The Labute approximate surface area is 93.3 Å². The number of hydrogen-bond donors (Lipinski definition) is 1. The molecular formula is C11H13N3S. The van der Waals surface area contributed by atoms with Gasteiger partial charge in [-0.05, 0) is 30.3 Å². The number of rotatable bonds is 3. The average Bonchev–Trinajstić information content (AvgIpc) is 2.63. The molecule has 2 rings (SSSR count). The first-order chi connectivity index (χ1) is 7.25. The van der Waals surface area contributed by atoms with Crippen molar-refractivity contribution < 1.29 is 0 Å². The zero-order chi connectivity index (χ0) is 10.7. The molecule has 2 N–H and O–H groups in total. The van der Waals surface area contributed by atoms with Crippen molar-refractivity contribution in [2.24, 2.45) is 7.05 Å². The second-order valence-electron chi connectivity index (χ2n) is 3.30. The van der Waals surface area contributed by atoms with Crippen LogP contribution in [0.4, 0.5) is 5.69 Å². The van der Waals surface area contributed by atoms with Crippen molar-refractivity contribution in [2.45, 2.75) is 10.6 Å². The quantitative estimate of drug-likeness (QED) is 0.636. The Bertz CT molecular complexity index is 433. The van der Waals surface area contributed by atoms with E-state index in [4.69, 9.17) is 5.73 Å². The molecule has 78 valence electrons. The highest BCUT2D eigenvalue weighted by Gasteiger charge is 1.99. The first-order valence-electron chi connectivity index (χ1n) is 4.71. The molecule has 0 fully saturated rings. The molecule has 0 spiro atoms. The van der Waals surface area contributed by atoms with Crippen molar-refractivity contribution in [2.75, 3.05) is 5.73 Å². The molecule has 3 nitrogen and oxygen atoms in total. The number of thioether (sulfide) groups is 1. The summed E-state index contributed by atoms with van der Waals surface area (Å²) < 4.78 is 1.89. The molecule has 1 aromatic heterocycles. The van der Waals surface area contributed by atoms with Crippen molar-refractivity contribution in [3.8, 4) is 0 Å². The first-order valence-corrected chi connectivity index (χ1v) is 5.69. The van der Waals surface area contributed by atoms with Crippen LogP contribution < -0.4 is 5.73 Å². The highest BCUT2D eigenvalue weighted by Crippen LogP contribution is 2.22. The summed E-state index contributed by atoms with van der Waals surface area (Å²) in [5.41, 5.74) is 7.64. The van der Waals surface area contributed by atoms with Gasteiger partial charge < -0.3 is 5.73 Å². The van der Waals surface area contributed by atoms with E-state index in [0.29, 0.717) is 0 Å². The van der Waals surface area contributed by atoms with E-state index in [0.717, 1.165) is 11.4 Å². The predicted molar refractivity (Wildman–Crippen MR) is 63.6 cm³/mol. The summed E-state index contributed by atoms with van der Waals surface area (Å²) in [5.74, 6) is 0.931. The standard InChI is InChI=1S/C11H13N3S/c1-14-10(6-7-13-14)8-15-11-4-2-9(12)3-5-11/h2-7H,8,12H2,1H3. The number of aryl methyl sites for hydroxylation is 1. The third kappa shape index (κ3) is 2.53. The fourth-order valence-electron chi connectivity index (χ4n) is 1.26. The highest BCUT2D eigenvalue weighted by atomic mass is 32.2. The molecule has 0 aliphatic heterocycles. The van der Waals surface area contributed by atoms with Crippen LogP contribution in [-0.4, -0.2) is 9.78 Å². The van der Waals surface area contributed by atoms with Crippen LogP contribution in [0.25, 0.3) is 0 Å². The van der Waals surface area contributed by atoms with E-state index in [9.17, 15) is 0 Å². The topological polar surface area (TPSA) is 43.8 Å². The van der Waals surface area contributed by atoms with Gasteiger partial charge in [0.25, 0.3) is 0 Å². The molecule has 0 saturated carbocycles. The summed E-state index contributed by atoms with van der Waals surface area (Å²) >= 11 is 1.78. The van der Waals surface area contributed by atoms with Crippen LogP contribution in [0.15, 0.2) is 41.4 Å². The number of hydrogen-bond acceptors (Lipinski definition) is 3. The van der Waals surface area contributed by atoms with E-state index in [2.05, 4.69) is 5.10 Å². The molecule has 1 heterocycles. The third-order valence-corrected chi connectivity index (χ3v) is 3.23. The molecule has 15 heavy (non-hydrogen) atoms. The van der Waals surface area contributed by atoms with Crippen LogP contribution >= 0.6 is 11.8 Å². The molecular weight excluding hydrogens is 206 g/mol. The second-order valence-corrected chi connectivity index (χ2v) is 4.35. The van der Waals surface area contributed by atoms with E-state index in [1.165, 1.54) is 10.6 Å². The molecule has 0 radical (unpaired) electrons. The summed E-state index contributed by atoms with van der Waals surface area (Å²) in [6.45, 7) is 0. The number of nitrogen functional groups attached to an aromatic ring is 1. The molecule has 0 atom stereocenters. The number of benzene rings is 1. The Morgan fingerprint density at radius 1 is 1.27 bits per heavy atom. The van der Waals surface area contributed by atoms with Crippen LogP contribution in [0.5, 0.6) is 0 Å². The molecule has 0 saturated heterocycles. The van der Waals surface area contributed by atoms with E-state index >= 15 is 0 Å². The summed E-state index contributed by atoms with van der Waals surface area (Å²) in [6.07, 6.45) is 1.82. The van der Waals surface area contributed by atoms with E-state index in [1.54, 1.807) is 11.8 Å². The molecule has 0 bridgehead atoms. The lowest BCUT2D eigenvalue weighted by molar-refractivity contribution is 0.736. The maximum Gasteiger partial charge on any atom is 0.0492 e. The fraction of sp³-hybridized carbons (Fsp3) is 0.182. The maximum atomic E-state index is 5.62. The second kappa shape index (κ2) is 4.40. The van der Waals surface area contributed by atoms with E-state index < -0.39 is 0 Å². The van der Waals surface area contributed by atoms with Gasteiger partial charge in [0.15, 0.2) is 0 Å². The minimum Gasteiger partial charge on any atom is -0.399 e. The van der Waals surface area contributed by atoms with Gasteiger partial charge in [-0.1, -0.05) is 0 Å². The summed E-state index contributed by atoms with van der Waals surface area (Å²) in [5, 5.41) is 4.13. The largest absolute Gasteiger partial charge is 0.399 e. The summed E-state index contributed by atoms with van der Waals surface area (Å²) in [6, 6.07) is 9.95. The Morgan fingerprint density at radius 3 is 2.60 bits per heavy atom. The molecule has 0 unspecified atom stereocenters. The Hall–Kier alpha value is -1.42. The fourth-order valence-corrected chi connectivity index (χ4v) is 2.19. The van der Waals surface area contributed by atoms with E-state index in [1.807, 2.05) is 48.3 Å². The molecule has 0 aliphatic carbocycles. The number of anilines is 1. The average molecular weight is 219 g/mol. The molecule has 0 amide bonds. The lowest BCUT2D eigenvalue weighted by Crippen LogP contribution is -1.95. The molecule has 2 aromatic rings. The molecule has 0 aliphatic rings. The lowest BCUT2D eigenvalue weighted by atomic mass is 10.3. The highest BCUT2D eigenvalue weighted by molar-refractivity contribution is 7.98. The zero-order valence-corrected chi connectivity index (χ0v) is 9.37. The van der Waals surface area contributed by atoms with Gasteiger partial charge in [0.05, 0.1) is 0 Å². The van der Waals surface area contributed by atoms with Crippen LogP contribution in [0, 0.1) is 0 Å². The Kier molecular flexibility index (Phi) is 2.97. The van der Waals surface area contributed by atoms with Crippen molar-refractivity contribution in [3.05, 3.63) is 42.2 Å². The molecule has 1 aromatic carbocycles. The van der Waals surface area contributed by atoms with Crippen LogP contribution in [0.1, 0.15) is 5.69 Å². The summed E-state index contributed by atoms with van der Waals surface area (Å²) in [7, 11) is 1.96. The van der Waals surface area contributed by atoms with Gasteiger partial charge in [-0.25, -0.2) is 0 Å². The Morgan fingerprint density at radius 2 is 2.00 bits per heavy atom. The Balaban J connectivity index is 1.99. The number of nitrogens with zero attached hydrogens (tertiary/aromatic N) is 2. The molecule has 4 heteroatoms. The van der Waals surface area contributed by atoms with Gasteiger partial charge in [0.2, 0.25) is 0 Å². The first kappa shape index (κ1) is 10.1. The normalized spacial score (nSPS) is 10.5. The predicted octanol–water partition coefficient (Wildman–Crippen LogP) is 2.29. The van der Waals surface area contributed by atoms with Gasteiger partial charge in [-0.2, -0.15) is 5.10 Å². The zero-order valence-electron chi connectivity index (χ0n) is 8.55. The summed E-state index contributed by atoms with van der Waals surface area (Å²) in [4.78, 5) is 1.23. The maximum absolute atomic E-state index is 5.62. The van der Waals surface area contributed by atoms with Crippen LogP contribution in [-0.2, 0) is 12.8 Å². The number of aromatic nitrogens is 2. The van der Waals surface area contributed by atoms with Gasteiger partial charge in [0, 0.05) is 35.3 Å². The monoisotopic (exact) mass is 219 g/mol. The third-order valence-electron chi connectivity index (χ3n) is 2.19. The van der Waals surface area contributed by atoms with Crippen LogP contribution in [0.3, 0.4) is 0 Å². The van der Waals surface area contributed by atoms with Crippen molar-refractivity contribution in [1.29, 1.82) is 0 Å². The van der Waals surface area contributed by atoms with Gasteiger partial charge in [-0.15, -0.1) is 11.8 Å².